The molecule has 0 bridgehead atoms. The molecule has 0 amide bonds. The van der Waals surface area contributed by atoms with Gasteiger partial charge in [-0.15, -0.1) is 11.3 Å². The molecule has 2 aromatic rings. The monoisotopic (exact) mass is 281 g/mol. The van der Waals surface area contributed by atoms with Crippen molar-refractivity contribution in [2.75, 3.05) is 18.0 Å². The molecular formula is C11H15N5S2. The number of aryl methyl sites for hydroxylation is 1. The van der Waals surface area contributed by atoms with Crippen LogP contribution in [0.4, 0.5) is 11.6 Å². The van der Waals surface area contributed by atoms with E-state index in [1.807, 2.05) is 0 Å². The number of thiophene rings is 1. The Kier molecular flexibility index (Phi) is 4.05. The van der Waals surface area contributed by atoms with Gasteiger partial charge in [-0.3, -0.25) is 0 Å². The standard InChI is InChI=1S/C11H15N5S2/c1-6-2-3-17-10(6)7(5-12)18-11-15-8(13)4-9(14)16-11/h2-4,7H,5,12H2,1H3,(H4,13,14,15,16). The molecule has 0 saturated heterocycles. The van der Waals surface area contributed by atoms with Gasteiger partial charge in [-0.2, -0.15) is 0 Å². The molecule has 0 saturated carbocycles. The summed E-state index contributed by atoms with van der Waals surface area (Å²) in [6, 6.07) is 3.62. The second-order valence-corrected chi connectivity index (χ2v) is 5.93. The fourth-order valence-corrected chi connectivity index (χ4v) is 3.76. The van der Waals surface area contributed by atoms with Crippen molar-refractivity contribution in [1.82, 2.24) is 9.97 Å². The number of nitrogen functional groups attached to an aromatic ring is 2. The minimum Gasteiger partial charge on any atom is -0.383 e. The molecule has 0 aromatic carbocycles. The van der Waals surface area contributed by atoms with Crippen molar-refractivity contribution in [2.45, 2.75) is 17.3 Å². The Hall–Kier alpha value is -1.31. The van der Waals surface area contributed by atoms with Gasteiger partial charge < -0.3 is 17.2 Å². The van der Waals surface area contributed by atoms with Crippen LogP contribution in [0.1, 0.15) is 15.7 Å². The number of nitrogens with zero attached hydrogens (tertiary/aromatic N) is 2. The molecule has 2 aromatic heterocycles. The van der Waals surface area contributed by atoms with Crippen molar-refractivity contribution >= 4 is 34.7 Å². The smallest absolute Gasteiger partial charge is 0.192 e. The SMILES string of the molecule is Cc1ccsc1C(CN)Sc1nc(N)cc(N)n1. The first kappa shape index (κ1) is 13.1. The predicted molar refractivity (Wildman–Crippen MR) is 77.6 cm³/mol. The first-order valence-electron chi connectivity index (χ1n) is 5.41. The zero-order chi connectivity index (χ0) is 13.1. The highest BCUT2D eigenvalue weighted by atomic mass is 32.2. The summed E-state index contributed by atoms with van der Waals surface area (Å²) in [5.74, 6) is 0.757. The van der Waals surface area contributed by atoms with Gasteiger partial charge in [0.1, 0.15) is 11.6 Å². The molecule has 0 spiro atoms. The van der Waals surface area contributed by atoms with E-state index in [0.29, 0.717) is 23.3 Å². The Balaban J connectivity index is 2.23. The summed E-state index contributed by atoms with van der Waals surface area (Å²) < 4.78 is 0. The molecule has 5 nitrogen and oxygen atoms in total. The lowest BCUT2D eigenvalue weighted by Crippen LogP contribution is -2.10. The third kappa shape index (κ3) is 2.92. The van der Waals surface area contributed by atoms with E-state index in [1.165, 1.54) is 28.3 Å². The fourth-order valence-electron chi connectivity index (χ4n) is 1.56. The first-order chi connectivity index (χ1) is 8.60. The van der Waals surface area contributed by atoms with Gasteiger partial charge in [-0.25, -0.2) is 9.97 Å². The maximum Gasteiger partial charge on any atom is 0.192 e. The molecule has 0 aliphatic carbocycles. The molecule has 1 atom stereocenters. The average Bonchev–Trinajstić information content (AvgIpc) is 2.71. The average molecular weight is 281 g/mol. The van der Waals surface area contributed by atoms with Crippen LogP contribution in [0, 0.1) is 6.92 Å². The predicted octanol–water partition coefficient (Wildman–Crippen LogP) is 1.80. The summed E-state index contributed by atoms with van der Waals surface area (Å²) in [7, 11) is 0. The lowest BCUT2D eigenvalue weighted by atomic mass is 10.2. The minimum atomic E-state index is 0.131. The van der Waals surface area contributed by atoms with Gasteiger partial charge >= 0.3 is 0 Å². The highest BCUT2D eigenvalue weighted by molar-refractivity contribution is 7.99. The Morgan fingerprint density at radius 2 is 2.00 bits per heavy atom. The number of hydrogen-bond donors (Lipinski definition) is 3. The van der Waals surface area contributed by atoms with E-state index in [0.717, 1.165) is 0 Å². The van der Waals surface area contributed by atoms with Crippen molar-refractivity contribution in [3.63, 3.8) is 0 Å². The third-order valence-electron chi connectivity index (χ3n) is 2.40. The molecule has 18 heavy (non-hydrogen) atoms. The number of rotatable bonds is 4. The van der Waals surface area contributed by atoms with Crippen LogP contribution in [0.2, 0.25) is 0 Å². The topological polar surface area (TPSA) is 104 Å². The van der Waals surface area contributed by atoms with Crippen LogP contribution in [0.15, 0.2) is 22.7 Å². The highest BCUT2D eigenvalue weighted by Crippen LogP contribution is 2.37. The van der Waals surface area contributed by atoms with E-state index in [4.69, 9.17) is 17.2 Å². The van der Waals surface area contributed by atoms with Crippen LogP contribution >= 0.6 is 23.1 Å². The van der Waals surface area contributed by atoms with Crippen LogP contribution in [0.25, 0.3) is 0 Å². The van der Waals surface area contributed by atoms with Gasteiger partial charge in [-0.1, -0.05) is 11.8 Å². The Morgan fingerprint density at radius 1 is 1.33 bits per heavy atom. The van der Waals surface area contributed by atoms with Gasteiger partial charge in [0, 0.05) is 17.5 Å². The Bertz CT molecular complexity index is 520. The molecule has 0 aliphatic heterocycles. The molecule has 7 heteroatoms. The number of hydrogen-bond acceptors (Lipinski definition) is 7. The minimum absolute atomic E-state index is 0.131. The van der Waals surface area contributed by atoms with E-state index >= 15 is 0 Å². The third-order valence-corrected chi connectivity index (χ3v) is 4.79. The molecule has 0 radical (unpaired) electrons. The number of nitrogens with two attached hydrogens (primary N) is 3. The maximum absolute atomic E-state index is 5.82. The van der Waals surface area contributed by atoms with Crippen LogP contribution in [0.5, 0.6) is 0 Å². The normalized spacial score (nSPS) is 12.6. The zero-order valence-corrected chi connectivity index (χ0v) is 11.6. The summed E-state index contributed by atoms with van der Waals surface area (Å²) in [6.07, 6.45) is 0. The van der Waals surface area contributed by atoms with Crippen LogP contribution < -0.4 is 17.2 Å². The van der Waals surface area contributed by atoms with Crippen LogP contribution in [-0.4, -0.2) is 16.5 Å². The highest BCUT2D eigenvalue weighted by Gasteiger charge is 2.17. The second-order valence-electron chi connectivity index (χ2n) is 3.81. The summed E-state index contributed by atoms with van der Waals surface area (Å²) >= 11 is 3.18. The second kappa shape index (κ2) is 5.55. The van der Waals surface area contributed by atoms with Crippen molar-refractivity contribution in [1.29, 1.82) is 0 Å². The van der Waals surface area contributed by atoms with E-state index in [1.54, 1.807) is 11.3 Å². The van der Waals surface area contributed by atoms with E-state index in [9.17, 15) is 0 Å². The Morgan fingerprint density at radius 3 is 2.50 bits per heavy atom. The molecule has 1 unspecified atom stereocenters. The molecule has 6 N–H and O–H groups in total. The molecule has 96 valence electrons. The first-order valence-corrected chi connectivity index (χ1v) is 7.17. The summed E-state index contributed by atoms with van der Waals surface area (Å²) in [5.41, 5.74) is 18.4. The Labute approximate surface area is 114 Å². The van der Waals surface area contributed by atoms with Gasteiger partial charge in [-0.05, 0) is 23.9 Å². The fraction of sp³-hybridized carbons (Fsp3) is 0.273. The van der Waals surface area contributed by atoms with E-state index in [-0.39, 0.29) is 5.25 Å². The zero-order valence-electron chi connectivity index (χ0n) is 9.96. The van der Waals surface area contributed by atoms with Crippen LogP contribution in [-0.2, 0) is 0 Å². The van der Waals surface area contributed by atoms with Crippen LogP contribution in [0.3, 0.4) is 0 Å². The molecule has 0 aliphatic rings. The summed E-state index contributed by atoms with van der Waals surface area (Å²) in [5, 5.41) is 2.75. The van der Waals surface area contributed by atoms with Gasteiger partial charge in [0.15, 0.2) is 5.16 Å². The largest absolute Gasteiger partial charge is 0.383 e. The van der Waals surface area contributed by atoms with E-state index in [2.05, 4.69) is 28.3 Å². The molecule has 2 heterocycles. The van der Waals surface area contributed by atoms with Crippen molar-refractivity contribution < 1.29 is 0 Å². The maximum atomic E-state index is 5.82. The molecular weight excluding hydrogens is 266 g/mol. The number of thioether (sulfide) groups is 1. The van der Waals surface area contributed by atoms with Gasteiger partial charge in [0.05, 0.1) is 5.25 Å². The quantitative estimate of drug-likeness (QED) is 0.583. The number of anilines is 2. The number of aromatic nitrogens is 2. The van der Waals surface area contributed by atoms with Crippen molar-refractivity contribution in [3.8, 4) is 0 Å². The van der Waals surface area contributed by atoms with Crippen molar-refractivity contribution in [2.24, 2.45) is 5.73 Å². The molecule has 0 fully saturated rings. The van der Waals surface area contributed by atoms with E-state index < -0.39 is 0 Å². The van der Waals surface area contributed by atoms with Crippen molar-refractivity contribution in [3.05, 3.63) is 28.0 Å². The van der Waals surface area contributed by atoms with Gasteiger partial charge in [0.25, 0.3) is 0 Å². The summed E-state index contributed by atoms with van der Waals surface area (Å²) in [6.45, 7) is 2.59. The molecule has 2 rings (SSSR count). The lowest BCUT2D eigenvalue weighted by Gasteiger charge is -2.13. The van der Waals surface area contributed by atoms with Gasteiger partial charge in [0.2, 0.25) is 0 Å². The lowest BCUT2D eigenvalue weighted by molar-refractivity contribution is 0.922. The summed E-state index contributed by atoms with van der Waals surface area (Å²) in [4.78, 5) is 9.56.